The van der Waals surface area contributed by atoms with E-state index in [-0.39, 0.29) is 29.8 Å². The molecule has 7 rings (SSSR count). The fourth-order valence-electron chi connectivity index (χ4n) is 5.11. The molecule has 0 unspecified atom stereocenters. The average Bonchev–Trinajstić information content (AvgIpc) is 3.73. The standard InChI is InChI=1S/C34H25BrClN3O7/c1-3-42-28-14-20(30(35)31(36)32(28)43-17-19-11-12-26-27(13-19)45-18-44-26)16-37-39-33(38-23-8-5-4-7-21(23)34(39)40)29-15-22-24(41-2)9-6-10-25(22)46-29/h4-16H,3,17-18H2,1-2H3. The van der Waals surface area contributed by atoms with Crippen molar-refractivity contribution in [3.05, 3.63) is 104 Å². The largest absolute Gasteiger partial charge is 0.496 e. The zero-order chi connectivity index (χ0) is 31.8. The van der Waals surface area contributed by atoms with Crippen molar-refractivity contribution in [2.24, 2.45) is 5.10 Å². The summed E-state index contributed by atoms with van der Waals surface area (Å²) < 4.78 is 36.3. The van der Waals surface area contributed by atoms with E-state index in [9.17, 15) is 4.79 Å². The van der Waals surface area contributed by atoms with Crippen LogP contribution >= 0.6 is 27.5 Å². The van der Waals surface area contributed by atoms with Gasteiger partial charge in [-0.1, -0.05) is 35.9 Å². The molecule has 0 amide bonds. The molecule has 0 bridgehead atoms. The lowest BCUT2D eigenvalue weighted by Gasteiger charge is -2.16. The normalized spacial score (nSPS) is 12.3. The highest BCUT2D eigenvalue weighted by Gasteiger charge is 2.21. The molecule has 1 aliphatic heterocycles. The Hall–Kier alpha value is -5.00. The molecule has 0 saturated carbocycles. The van der Waals surface area contributed by atoms with E-state index in [1.165, 1.54) is 10.9 Å². The van der Waals surface area contributed by atoms with Crippen LogP contribution in [0.3, 0.4) is 0 Å². The number of aromatic nitrogens is 2. The molecule has 1 aliphatic rings. The first-order chi connectivity index (χ1) is 22.4. The highest BCUT2D eigenvalue weighted by atomic mass is 79.9. The van der Waals surface area contributed by atoms with Gasteiger partial charge in [0.25, 0.3) is 5.56 Å². The van der Waals surface area contributed by atoms with Crippen molar-refractivity contribution < 1.29 is 28.1 Å². The van der Waals surface area contributed by atoms with E-state index in [0.29, 0.717) is 67.6 Å². The molecule has 46 heavy (non-hydrogen) atoms. The third kappa shape index (κ3) is 5.41. The number of ether oxygens (including phenoxy) is 5. The summed E-state index contributed by atoms with van der Waals surface area (Å²) in [5, 5.41) is 6.01. The topological polar surface area (TPSA) is 107 Å². The first-order valence-electron chi connectivity index (χ1n) is 14.2. The van der Waals surface area contributed by atoms with Gasteiger partial charge in [-0.2, -0.15) is 9.78 Å². The summed E-state index contributed by atoms with van der Waals surface area (Å²) in [6, 6.07) is 21.6. The Morgan fingerprint density at radius 1 is 1.00 bits per heavy atom. The van der Waals surface area contributed by atoms with Gasteiger partial charge in [-0.25, -0.2) is 4.98 Å². The van der Waals surface area contributed by atoms with Crippen LogP contribution in [0.4, 0.5) is 0 Å². The van der Waals surface area contributed by atoms with Crippen LogP contribution < -0.4 is 29.2 Å². The Balaban J connectivity index is 1.28. The molecular formula is C34H25BrClN3O7. The first-order valence-corrected chi connectivity index (χ1v) is 15.4. The third-order valence-corrected chi connectivity index (χ3v) is 8.75. The fraction of sp³-hybridized carbons (Fsp3) is 0.147. The van der Waals surface area contributed by atoms with Crippen molar-refractivity contribution in [2.75, 3.05) is 20.5 Å². The molecule has 3 heterocycles. The number of benzene rings is 4. The molecule has 2 aromatic heterocycles. The zero-order valence-electron chi connectivity index (χ0n) is 24.6. The van der Waals surface area contributed by atoms with E-state index in [4.69, 9.17) is 44.7 Å². The van der Waals surface area contributed by atoms with Gasteiger partial charge in [-0.05, 0) is 76.9 Å². The molecule has 0 saturated heterocycles. The summed E-state index contributed by atoms with van der Waals surface area (Å²) >= 11 is 10.4. The summed E-state index contributed by atoms with van der Waals surface area (Å²) in [5.74, 6) is 3.30. The second-order valence-electron chi connectivity index (χ2n) is 10.1. The van der Waals surface area contributed by atoms with Gasteiger partial charge < -0.3 is 28.1 Å². The van der Waals surface area contributed by atoms with Gasteiger partial charge in [-0.15, -0.1) is 0 Å². The number of halogens is 2. The fourth-order valence-corrected chi connectivity index (χ4v) is 5.77. The number of hydrogen-bond acceptors (Lipinski definition) is 9. The molecule has 6 aromatic rings. The SMILES string of the molecule is CCOc1cc(C=Nn2c(-c3cc4c(OC)cccc4o3)nc3ccccc3c2=O)c(Br)c(Cl)c1OCc1ccc2c(c1)OCO2. The molecule has 232 valence electrons. The summed E-state index contributed by atoms with van der Waals surface area (Å²) in [6.07, 6.45) is 1.50. The van der Waals surface area contributed by atoms with Crippen molar-refractivity contribution in [1.29, 1.82) is 0 Å². The van der Waals surface area contributed by atoms with Crippen molar-refractivity contribution in [3.63, 3.8) is 0 Å². The Kier molecular flexibility index (Phi) is 8.02. The Morgan fingerprint density at radius 3 is 2.70 bits per heavy atom. The summed E-state index contributed by atoms with van der Waals surface area (Å²) in [4.78, 5) is 18.6. The van der Waals surface area contributed by atoms with Gasteiger partial charge in [0.15, 0.2) is 28.8 Å². The molecule has 0 spiro atoms. The van der Waals surface area contributed by atoms with Crippen LogP contribution in [-0.4, -0.2) is 36.4 Å². The molecular weight excluding hydrogens is 678 g/mol. The smallest absolute Gasteiger partial charge is 0.282 e. The van der Waals surface area contributed by atoms with E-state index < -0.39 is 0 Å². The number of fused-ring (bicyclic) bond motifs is 3. The Morgan fingerprint density at radius 2 is 1.85 bits per heavy atom. The molecule has 10 nitrogen and oxygen atoms in total. The van der Waals surface area contributed by atoms with Crippen LogP contribution in [-0.2, 0) is 6.61 Å². The number of methoxy groups -OCH3 is 1. The quantitative estimate of drug-likeness (QED) is 0.141. The predicted molar refractivity (Wildman–Crippen MR) is 178 cm³/mol. The van der Waals surface area contributed by atoms with Crippen molar-refractivity contribution >= 4 is 55.6 Å². The summed E-state index contributed by atoms with van der Waals surface area (Å²) in [6.45, 7) is 2.62. The highest BCUT2D eigenvalue weighted by Crippen LogP contribution is 2.43. The predicted octanol–water partition coefficient (Wildman–Crippen LogP) is 7.82. The summed E-state index contributed by atoms with van der Waals surface area (Å²) in [5.41, 5.74) is 2.12. The lowest BCUT2D eigenvalue weighted by molar-refractivity contribution is 0.174. The van der Waals surface area contributed by atoms with E-state index >= 15 is 0 Å². The van der Waals surface area contributed by atoms with Crippen LogP contribution in [0.1, 0.15) is 18.1 Å². The second kappa shape index (κ2) is 12.4. The molecule has 0 radical (unpaired) electrons. The first kappa shape index (κ1) is 29.7. The Bertz CT molecular complexity index is 2210. The number of nitrogens with zero attached hydrogens (tertiary/aromatic N) is 3. The van der Waals surface area contributed by atoms with Gasteiger partial charge in [0.2, 0.25) is 12.6 Å². The number of para-hydroxylation sites is 1. The Labute approximate surface area is 275 Å². The number of furan rings is 1. The third-order valence-electron chi connectivity index (χ3n) is 7.30. The van der Waals surface area contributed by atoms with Crippen LogP contribution in [0, 0.1) is 0 Å². The van der Waals surface area contributed by atoms with E-state index in [0.717, 1.165) is 10.9 Å². The van der Waals surface area contributed by atoms with E-state index in [1.807, 2.05) is 49.4 Å². The van der Waals surface area contributed by atoms with Crippen molar-refractivity contribution in [3.8, 4) is 40.3 Å². The van der Waals surface area contributed by atoms with Gasteiger partial charge in [0, 0.05) is 10.0 Å². The van der Waals surface area contributed by atoms with Crippen LogP contribution in [0.2, 0.25) is 5.02 Å². The van der Waals surface area contributed by atoms with Crippen LogP contribution in [0.15, 0.2) is 91.6 Å². The minimum atomic E-state index is -0.375. The van der Waals surface area contributed by atoms with E-state index in [1.54, 1.807) is 37.4 Å². The van der Waals surface area contributed by atoms with E-state index in [2.05, 4.69) is 21.0 Å². The molecule has 0 atom stereocenters. The van der Waals surface area contributed by atoms with Gasteiger partial charge in [-0.3, -0.25) is 4.79 Å². The number of hydrogen-bond donors (Lipinski definition) is 0. The van der Waals surface area contributed by atoms with Crippen molar-refractivity contribution in [1.82, 2.24) is 9.66 Å². The minimum Gasteiger partial charge on any atom is -0.496 e. The van der Waals surface area contributed by atoms with Gasteiger partial charge in [0.1, 0.15) is 23.0 Å². The van der Waals surface area contributed by atoms with Gasteiger partial charge in [0.05, 0.1) is 36.2 Å². The zero-order valence-corrected chi connectivity index (χ0v) is 26.9. The van der Waals surface area contributed by atoms with Crippen molar-refractivity contribution in [2.45, 2.75) is 13.5 Å². The molecule has 4 aromatic carbocycles. The maximum atomic E-state index is 13.8. The summed E-state index contributed by atoms with van der Waals surface area (Å²) in [7, 11) is 1.59. The lowest BCUT2D eigenvalue weighted by Crippen LogP contribution is -2.20. The van der Waals surface area contributed by atoms with Gasteiger partial charge >= 0.3 is 0 Å². The minimum absolute atomic E-state index is 0.186. The van der Waals surface area contributed by atoms with Crippen LogP contribution in [0.25, 0.3) is 33.5 Å². The van der Waals surface area contributed by atoms with Crippen LogP contribution in [0.5, 0.6) is 28.7 Å². The maximum Gasteiger partial charge on any atom is 0.282 e. The second-order valence-corrected chi connectivity index (χ2v) is 11.3. The molecule has 0 N–H and O–H groups in total. The highest BCUT2D eigenvalue weighted by molar-refractivity contribution is 9.10. The lowest BCUT2D eigenvalue weighted by atomic mass is 10.2. The molecule has 12 heteroatoms. The molecule has 0 aliphatic carbocycles. The average molecular weight is 703 g/mol. The molecule has 0 fully saturated rings. The monoisotopic (exact) mass is 701 g/mol. The maximum absolute atomic E-state index is 13.8. The number of rotatable bonds is 9.